The summed E-state index contributed by atoms with van der Waals surface area (Å²) in [5, 5.41) is 0. The second-order valence-electron chi connectivity index (χ2n) is 4.10. The Bertz CT molecular complexity index is 786. The number of hydrogen-bond donors (Lipinski definition) is 1. The fraction of sp³-hybridized carbons (Fsp3) is 0.250. The summed E-state index contributed by atoms with van der Waals surface area (Å²) in [6.07, 6.45) is 4.78. The van der Waals surface area contributed by atoms with Crippen molar-refractivity contribution in [1.82, 2.24) is 29.5 Å². The minimum absolute atomic E-state index is 0.244. The average molecular weight is 256 g/mol. The summed E-state index contributed by atoms with van der Waals surface area (Å²) in [4.78, 5) is 31.1. The lowest BCUT2D eigenvalue weighted by Gasteiger charge is -2.04. The third-order valence-corrected chi connectivity index (χ3v) is 2.89. The second kappa shape index (κ2) is 4.27. The fourth-order valence-electron chi connectivity index (χ4n) is 1.98. The van der Waals surface area contributed by atoms with Crippen molar-refractivity contribution < 1.29 is 0 Å². The van der Waals surface area contributed by atoms with Crippen molar-refractivity contribution in [3.05, 3.63) is 34.9 Å². The van der Waals surface area contributed by atoms with Gasteiger partial charge in [-0.15, -0.1) is 0 Å². The average Bonchev–Trinajstić information content (AvgIpc) is 2.79. The first-order valence-electron chi connectivity index (χ1n) is 5.93. The summed E-state index contributed by atoms with van der Waals surface area (Å²) in [5.74, 6) is 1.35. The van der Waals surface area contributed by atoms with Crippen molar-refractivity contribution in [2.24, 2.45) is 0 Å². The van der Waals surface area contributed by atoms with Crippen LogP contribution in [0.2, 0.25) is 0 Å². The van der Waals surface area contributed by atoms with Gasteiger partial charge < -0.3 is 9.55 Å². The predicted molar refractivity (Wildman–Crippen MR) is 69.6 cm³/mol. The van der Waals surface area contributed by atoms with E-state index in [-0.39, 0.29) is 5.56 Å². The van der Waals surface area contributed by atoms with Crippen molar-refractivity contribution in [2.45, 2.75) is 20.4 Å². The maximum atomic E-state index is 11.7. The zero-order valence-electron chi connectivity index (χ0n) is 10.6. The Kier molecular flexibility index (Phi) is 2.59. The number of aryl methyl sites for hydroxylation is 2. The fourth-order valence-corrected chi connectivity index (χ4v) is 1.98. The van der Waals surface area contributed by atoms with Gasteiger partial charge in [0.2, 0.25) is 0 Å². The van der Waals surface area contributed by atoms with Crippen LogP contribution in [-0.4, -0.2) is 29.5 Å². The Balaban J connectivity index is 2.32. The molecule has 0 amide bonds. The quantitative estimate of drug-likeness (QED) is 0.736. The highest BCUT2D eigenvalue weighted by atomic mass is 16.1. The molecule has 0 aliphatic carbocycles. The third kappa shape index (κ3) is 1.79. The number of aromatic nitrogens is 6. The summed E-state index contributed by atoms with van der Waals surface area (Å²) >= 11 is 0. The minimum atomic E-state index is -0.244. The van der Waals surface area contributed by atoms with Crippen LogP contribution in [0.4, 0.5) is 0 Å². The molecule has 3 heterocycles. The van der Waals surface area contributed by atoms with E-state index < -0.39 is 0 Å². The molecular formula is C12H12N6O. The van der Waals surface area contributed by atoms with E-state index in [1.807, 2.05) is 18.4 Å². The zero-order valence-corrected chi connectivity index (χ0v) is 10.6. The van der Waals surface area contributed by atoms with Crippen LogP contribution in [0.15, 0.2) is 23.5 Å². The van der Waals surface area contributed by atoms with Crippen LogP contribution < -0.4 is 5.56 Å². The number of hydrogen-bond acceptors (Lipinski definition) is 5. The number of aromatic amines is 1. The number of nitrogens with zero attached hydrogens (tertiary/aromatic N) is 5. The molecule has 0 aliphatic heterocycles. The van der Waals surface area contributed by atoms with Crippen LogP contribution in [0.1, 0.15) is 12.7 Å². The van der Waals surface area contributed by atoms with Crippen molar-refractivity contribution in [3.63, 3.8) is 0 Å². The minimum Gasteiger partial charge on any atom is -0.311 e. The van der Waals surface area contributed by atoms with Gasteiger partial charge in [0.15, 0.2) is 11.2 Å². The maximum Gasteiger partial charge on any atom is 0.278 e. The standard InChI is InChI=1S/C12H12N6O/c1-3-18-10(8-4-13-7(2)14-5-8)17-9-11(18)15-6-16-12(9)19/h4-6H,3H2,1-2H3,(H,15,16,19). The van der Waals surface area contributed by atoms with Crippen molar-refractivity contribution in [2.75, 3.05) is 0 Å². The normalized spacial score (nSPS) is 11.1. The van der Waals surface area contributed by atoms with Gasteiger partial charge in [-0.2, -0.15) is 0 Å². The van der Waals surface area contributed by atoms with Gasteiger partial charge in [0, 0.05) is 18.9 Å². The SMILES string of the molecule is CCn1c(-c2cnc(C)nc2)nc2c(=O)[nH]cnc21. The Hall–Kier alpha value is -2.57. The summed E-state index contributed by atoms with van der Waals surface area (Å²) in [6, 6.07) is 0. The molecule has 0 aromatic carbocycles. The first kappa shape index (κ1) is 11.5. The Morgan fingerprint density at radius 2 is 2.00 bits per heavy atom. The molecule has 7 nitrogen and oxygen atoms in total. The van der Waals surface area contributed by atoms with Crippen molar-refractivity contribution >= 4 is 11.2 Å². The summed E-state index contributed by atoms with van der Waals surface area (Å²) in [6.45, 7) is 4.46. The highest BCUT2D eigenvalue weighted by molar-refractivity contribution is 5.75. The first-order chi connectivity index (χ1) is 9.20. The lowest BCUT2D eigenvalue weighted by Crippen LogP contribution is -2.07. The van der Waals surface area contributed by atoms with Crippen LogP contribution >= 0.6 is 0 Å². The highest BCUT2D eigenvalue weighted by Gasteiger charge is 2.15. The zero-order chi connectivity index (χ0) is 13.4. The molecule has 0 atom stereocenters. The largest absolute Gasteiger partial charge is 0.311 e. The van der Waals surface area contributed by atoms with Gasteiger partial charge in [-0.1, -0.05) is 0 Å². The maximum absolute atomic E-state index is 11.7. The number of H-pyrrole nitrogens is 1. The topological polar surface area (TPSA) is 89.4 Å². The predicted octanol–water partition coefficient (Wildman–Crippen LogP) is 0.905. The van der Waals surface area contributed by atoms with Gasteiger partial charge in [0.05, 0.1) is 11.9 Å². The number of fused-ring (bicyclic) bond motifs is 1. The van der Waals surface area contributed by atoms with E-state index >= 15 is 0 Å². The summed E-state index contributed by atoms with van der Waals surface area (Å²) in [5.41, 5.74) is 1.43. The molecule has 0 saturated heterocycles. The molecule has 0 bridgehead atoms. The molecule has 3 aromatic rings. The van der Waals surface area contributed by atoms with E-state index in [1.165, 1.54) is 6.33 Å². The van der Waals surface area contributed by atoms with Gasteiger partial charge >= 0.3 is 0 Å². The molecule has 3 rings (SSSR count). The molecule has 0 fully saturated rings. The van der Waals surface area contributed by atoms with E-state index in [4.69, 9.17) is 0 Å². The van der Waals surface area contributed by atoms with Crippen LogP contribution in [0, 0.1) is 6.92 Å². The van der Waals surface area contributed by atoms with E-state index in [2.05, 4.69) is 24.9 Å². The molecule has 96 valence electrons. The van der Waals surface area contributed by atoms with Gasteiger partial charge in [-0.25, -0.2) is 19.9 Å². The van der Waals surface area contributed by atoms with Gasteiger partial charge in [-0.05, 0) is 13.8 Å². The Morgan fingerprint density at radius 3 is 2.68 bits per heavy atom. The Morgan fingerprint density at radius 1 is 1.26 bits per heavy atom. The first-order valence-corrected chi connectivity index (χ1v) is 5.93. The molecule has 1 N–H and O–H groups in total. The molecule has 0 aliphatic rings. The summed E-state index contributed by atoms with van der Waals surface area (Å²) in [7, 11) is 0. The number of nitrogens with one attached hydrogen (secondary N) is 1. The van der Waals surface area contributed by atoms with E-state index in [0.717, 1.165) is 5.56 Å². The second-order valence-corrected chi connectivity index (χ2v) is 4.10. The lowest BCUT2D eigenvalue weighted by atomic mass is 10.3. The third-order valence-electron chi connectivity index (χ3n) is 2.89. The Labute approximate surface area is 108 Å². The molecule has 19 heavy (non-hydrogen) atoms. The van der Waals surface area contributed by atoms with Crippen LogP contribution in [0.5, 0.6) is 0 Å². The van der Waals surface area contributed by atoms with E-state index in [9.17, 15) is 4.79 Å². The molecule has 0 spiro atoms. The number of imidazole rings is 1. The van der Waals surface area contributed by atoms with Crippen LogP contribution in [0.25, 0.3) is 22.6 Å². The molecule has 7 heteroatoms. The van der Waals surface area contributed by atoms with Crippen molar-refractivity contribution in [3.8, 4) is 11.4 Å². The van der Waals surface area contributed by atoms with Crippen LogP contribution in [0.3, 0.4) is 0 Å². The highest BCUT2D eigenvalue weighted by Crippen LogP contribution is 2.20. The monoisotopic (exact) mass is 256 g/mol. The molecule has 0 radical (unpaired) electrons. The van der Waals surface area contributed by atoms with Crippen LogP contribution in [-0.2, 0) is 6.54 Å². The van der Waals surface area contributed by atoms with Gasteiger partial charge in [0.1, 0.15) is 11.6 Å². The lowest BCUT2D eigenvalue weighted by molar-refractivity contribution is 0.784. The smallest absolute Gasteiger partial charge is 0.278 e. The number of rotatable bonds is 2. The molecule has 3 aromatic heterocycles. The summed E-state index contributed by atoms with van der Waals surface area (Å²) < 4.78 is 1.87. The molecule has 0 saturated carbocycles. The molecule has 0 unspecified atom stereocenters. The van der Waals surface area contributed by atoms with E-state index in [1.54, 1.807) is 12.4 Å². The van der Waals surface area contributed by atoms with Gasteiger partial charge in [0.25, 0.3) is 5.56 Å². The van der Waals surface area contributed by atoms with Crippen molar-refractivity contribution in [1.29, 1.82) is 0 Å². The van der Waals surface area contributed by atoms with Gasteiger partial charge in [-0.3, -0.25) is 4.79 Å². The molecular weight excluding hydrogens is 244 g/mol. The van der Waals surface area contributed by atoms with E-state index in [0.29, 0.717) is 29.4 Å².